The van der Waals surface area contributed by atoms with Gasteiger partial charge < -0.3 is 30.6 Å². The maximum atomic E-state index is 14.7. The molecular formula is C53H84F2N2O9. The number of alkyl halides is 2. The Morgan fingerprint density at radius 3 is 1.97 bits per heavy atom. The number of aromatic nitrogens is 2. The van der Waals surface area contributed by atoms with E-state index in [1.165, 1.54) is 0 Å². The van der Waals surface area contributed by atoms with Crippen molar-refractivity contribution in [2.75, 3.05) is 0 Å². The van der Waals surface area contributed by atoms with Gasteiger partial charge >= 0.3 is 17.6 Å². The zero-order chi connectivity index (χ0) is 47.5. The van der Waals surface area contributed by atoms with Crippen LogP contribution in [0.2, 0.25) is 0 Å². The minimum atomic E-state index is -3.78. The van der Waals surface area contributed by atoms with Crippen LogP contribution in [0.5, 0.6) is 0 Å². The van der Waals surface area contributed by atoms with Gasteiger partial charge in [0, 0.05) is 12.8 Å². The SMILES string of the molecule is CC[C@H]1[C@@H](O)C2C3CC[C@H]([C@H](CCC[C@H]4[C@@H](O)C5C6CC[C@H]([C@H](C)CC(F)(F)C(=O)O)[C@@]6(C)CCC5[C@@]5(C)CC[C@@H](O)C[C@@H]45)CCc4noc(=O)[nH]4)[C@@]3(C)[C@@H](O)CC2[C@@]2(C)CC[C@@H](O)C[C@@H]12. The highest BCUT2D eigenvalue weighted by atomic mass is 19.3. The van der Waals surface area contributed by atoms with Crippen molar-refractivity contribution >= 4 is 5.97 Å². The molecule has 0 spiro atoms. The lowest BCUT2D eigenvalue weighted by Crippen LogP contribution is -2.65. The molecule has 0 radical (unpaired) electrons. The van der Waals surface area contributed by atoms with Crippen LogP contribution in [0.4, 0.5) is 8.78 Å². The highest BCUT2D eigenvalue weighted by molar-refractivity contribution is 5.75. The number of carboxylic acids is 1. The van der Waals surface area contributed by atoms with Crippen LogP contribution < -0.4 is 5.76 Å². The van der Waals surface area contributed by atoms with Gasteiger partial charge in [-0.2, -0.15) is 8.78 Å². The first-order valence-corrected chi connectivity index (χ1v) is 26.7. The molecule has 0 aliphatic heterocycles. The largest absolute Gasteiger partial charge is 0.477 e. The van der Waals surface area contributed by atoms with E-state index < -0.39 is 59.8 Å². The molecular weight excluding hydrogens is 847 g/mol. The number of aliphatic carboxylic acids is 1. The number of carboxylic acid groups (broad SMARTS) is 1. The topological polar surface area (TPSA) is 197 Å². The van der Waals surface area contributed by atoms with E-state index in [1.54, 1.807) is 6.92 Å². The number of aryl methyl sites for hydroxylation is 1. The van der Waals surface area contributed by atoms with Crippen LogP contribution in [0.15, 0.2) is 9.32 Å². The van der Waals surface area contributed by atoms with Crippen molar-refractivity contribution in [1.29, 1.82) is 0 Å². The summed E-state index contributed by atoms with van der Waals surface area (Å²) in [7, 11) is 0. The van der Waals surface area contributed by atoms with E-state index in [-0.39, 0.29) is 99.3 Å². The molecule has 11 nitrogen and oxygen atoms in total. The quantitative estimate of drug-likeness (QED) is 0.101. The number of aliphatic hydroxyl groups excluding tert-OH is 5. The van der Waals surface area contributed by atoms with Crippen molar-refractivity contribution in [3.05, 3.63) is 16.4 Å². The summed E-state index contributed by atoms with van der Waals surface area (Å²) >= 11 is 0. The Hall–Kier alpha value is -1.93. The lowest BCUT2D eigenvalue weighted by Gasteiger charge is -2.65. The summed E-state index contributed by atoms with van der Waals surface area (Å²) in [6, 6.07) is 0. The monoisotopic (exact) mass is 931 g/mol. The summed E-state index contributed by atoms with van der Waals surface area (Å²) in [4.78, 5) is 26.3. The van der Waals surface area contributed by atoms with Gasteiger partial charge in [0.25, 0.3) is 0 Å². The standard InChI is InChI=1S/C53H84F2N2O9/c1-7-31-38-23-29(58)18-21-51(38,5)40-25-41(60)52(6)34(13-15-37(52)44(40)45(31)61)28(11-16-42-56-48(65)66-57-42)9-8-10-32-39-24-30(59)17-20-50(39,4)36-19-22-49(3)33(12-14-35(49)43(36)46(32)62)27(2)26-53(54,55)47(63)64/h27-41,43-46,58-62H,7-26H2,1-6H3,(H,63,64)(H,56,57,65)/t27-,28-,29-,30-,31-,32-,33-,34-,35?,36?,37?,38+,39+,40?,41+,43?,44?,45-,46-,49-,50-,51+,52-/m1/s1. The first-order chi connectivity index (χ1) is 31.1. The minimum Gasteiger partial charge on any atom is -0.477 e. The molecule has 1 heterocycles. The highest BCUT2D eigenvalue weighted by Crippen LogP contribution is 2.72. The Morgan fingerprint density at radius 2 is 1.33 bits per heavy atom. The summed E-state index contributed by atoms with van der Waals surface area (Å²) in [6.45, 7) is 13.3. The molecule has 0 aromatic carbocycles. The van der Waals surface area contributed by atoms with Crippen molar-refractivity contribution in [2.24, 2.45) is 105 Å². The lowest BCUT2D eigenvalue weighted by molar-refractivity contribution is -0.228. The van der Waals surface area contributed by atoms with E-state index in [9.17, 15) is 49.0 Å². The van der Waals surface area contributed by atoms with E-state index >= 15 is 0 Å². The average molecular weight is 931 g/mol. The highest BCUT2D eigenvalue weighted by Gasteiger charge is 2.69. The average Bonchev–Trinajstić information content (AvgIpc) is 3.96. The van der Waals surface area contributed by atoms with Gasteiger partial charge in [0.2, 0.25) is 0 Å². The van der Waals surface area contributed by atoms with E-state index in [4.69, 9.17) is 4.52 Å². The molecule has 8 aliphatic rings. The number of nitrogens with zero attached hydrogens (tertiary/aromatic N) is 1. The van der Waals surface area contributed by atoms with Crippen molar-refractivity contribution in [3.8, 4) is 0 Å². The number of hydrogen-bond donors (Lipinski definition) is 7. The summed E-state index contributed by atoms with van der Waals surface area (Å²) < 4.78 is 34.2. The molecule has 1 aromatic rings. The maximum Gasteiger partial charge on any atom is 0.438 e. The summed E-state index contributed by atoms with van der Waals surface area (Å²) in [5.74, 6) is -4.87. The molecule has 1 aromatic heterocycles. The van der Waals surface area contributed by atoms with Crippen molar-refractivity contribution < 1.29 is 48.7 Å². The fourth-order valence-electron chi connectivity index (χ4n) is 20.0. The predicted octanol–water partition coefficient (Wildman–Crippen LogP) is 8.64. The second kappa shape index (κ2) is 17.7. The van der Waals surface area contributed by atoms with Gasteiger partial charge in [0.1, 0.15) is 0 Å². The third-order valence-corrected chi connectivity index (χ3v) is 23.1. The minimum absolute atomic E-state index is 0.00444. The van der Waals surface area contributed by atoms with Crippen molar-refractivity contribution in [2.45, 2.75) is 206 Å². The number of hydrogen-bond acceptors (Lipinski definition) is 9. The van der Waals surface area contributed by atoms with Gasteiger partial charge in [-0.3, -0.25) is 9.51 Å². The molecule has 8 fully saturated rings. The molecule has 0 amide bonds. The fourth-order valence-corrected chi connectivity index (χ4v) is 20.0. The van der Waals surface area contributed by atoms with Crippen LogP contribution in [0, 0.1) is 105 Å². The number of H-pyrrole nitrogens is 1. The van der Waals surface area contributed by atoms with Crippen molar-refractivity contribution in [3.63, 3.8) is 0 Å². The summed E-state index contributed by atoms with van der Waals surface area (Å²) in [5, 5.41) is 73.3. The molecule has 8 aliphatic carbocycles. The lowest BCUT2D eigenvalue weighted by atomic mass is 9.40. The molecule has 9 rings (SSSR count). The maximum absolute atomic E-state index is 14.7. The fraction of sp³-hybridized carbons (Fsp3) is 0.943. The number of nitrogens with one attached hydrogen (secondary N) is 1. The summed E-state index contributed by atoms with van der Waals surface area (Å²) in [6.07, 6.45) is 12.1. The van der Waals surface area contributed by atoms with Gasteiger partial charge in [-0.05, 0) is 201 Å². The zero-order valence-electron chi connectivity index (χ0n) is 40.7. The number of carbonyl (C=O) groups is 1. The third kappa shape index (κ3) is 7.73. The molecule has 0 saturated heterocycles. The van der Waals surface area contributed by atoms with Gasteiger partial charge in [-0.25, -0.2) is 9.59 Å². The number of fused-ring (bicyclic) bond motifs is 10. The molecule has 0 bridgehead atoms. The van der Waals surface area contributed by atoms with Gasteiger partial charge in [-0.15, -0.1) is 0 Å². The Kier molecular flexibility index (Phi) is 13.2. The third-order valence-electron chi connectivity index (χ3n) is 23.1. The molecule has 8 saturated carbocycles. The first-order valence-electron chi connectivity index (χ1n) is 26.7. The van der Waals surface area contributed by atoms with Gasteiger partial charge in [0.15, 0.2) is 5.82 Å². The van der Waals surface area contributed by atoms with Crippen LogP contribution in [-0.2, 0) is 11.2 Å². The number of aliphatic hydroxyl groups is 5. The van der Waals surface area contributed by atoms with Crippen molar-refractivity contribution in [1.82, 2.24) is 10.1 Å². The van der Waals surface area contributed by atoms with E-state index in [0.29, 0.717) is 31.5 Å². The molecule has 7 N–H and O–H groups in total. The number of rotatable bonds is 13. The Bertz CT molecular complexity index is 1960. The van der Waals surface area contributed by atoms with E-state index in [1.807, 2.05) is 0 Å². The Labute approximate surface area is 391 Å². The molecule has 66 heavy (non-hydrogen) atoms. The Balaban J connectivity index is 0.975. The normalized spacial score (nSPS) is 49.7. The smallest absolute Gasteiger partial charge is 0.438 e. The predicted molar refractivity (Wildman–Crippen MR) is 244 cm³/mol. The van der Waals surface area contributed by atoms with Gasteiger partial charge in [-0.1, -0.05) is 66.0 Å². The van der Waals surface area contributed by atoms with Crippen LogP contribution >= 0.6 is 0 Å². The molecule has 23 atom stereocenters. The van der Waals surface area contributed by atoms with Crippen LogP contribution in [-0.4, -0.2) is 83.2 Å². The van der Waals surface area contributed by atoms with E-state index in [0.717, 1.165) is 96.3 Å². The second-order valence-electron chi connectivity index (χ2n) is 25.4. The van der Waals surface area contributed by atoms with Crippen LogP contribution in [0.1, 0.15) is 169 Å². The number of aromatic amines is 1. The first kappa shape index (κ1) is 49.1. The zero-order valence-corrected chi connectivity index (χ0v) is 40.7. The number of halogens is 2. The molecule has 374 valence electrons. The second-order valence-corrected chi connectivity index (χ2v) is 25.4. The van der Waals surface area contributed by atoms with E-state index in [2.05, 4.69) is 44.8 Å². The van der Waals surface area contributed by atoms with Crippen LogP contribution in [0.25, 0.3) is 0 Å². The Morgan fingerprint density at radius 1 is 0.758 bits per heavy atom. The molecule has 13 heteroatoms. The summed E-state index contributed by atoms with van der Waals surface area (Å²) in [5.41, 5.74) is -0.836. The van der Waals surface area contributed by atoms with Gasteiger partial charge in [0.05, 0.1) is 30.5 Å². The molecule has 6 unspecified atom stereocenters. The van der Waals surface area contributed by atoms with Crippen LogP contribution in [0.3, 0.4) is 0 Å².